The van der Waals surface area contributed by atoms with Crippen LogP contribution >= 0.6 is 39.9 Å². The molecule has 0 unspecified atom stereocenters. The summed E-state index contributed by atoms with van der Waals surface area (Å²) < 4.78 is 6.05. The van der Waals surface area contributed by atoms with Gasteiger partial charge in [-0.1, -0.05) is 39.9 Å². The standard InChI is InChI=1S/C14H10BrNO6S2/c15-8-1-2-9(22-6-12(19)20)7(3-8)4-10-13(21)16(5-11(17)18)14(23)24-10/h1-4H,5-6H2,(H,17,18)(H,19,20). The molecule has 0 radical (unpaired) electrons. The molecule has 1 heterocycles. The average molecular weight is 432 g/mol. The van der Waals surface area contributed by atoms with E-state index in [1.807, 2.05) is 0 Å². The van der Waals surface area contributed by atoms with E-state index in [0.29, 0.717) is 10.0 Å². The molecular weight excluding hydrogens is 422 g/mol. The first kappa shape index (κ1) is 18.4. The maximum Gasteiger partial charge on any atom is 0.341 e. The van der Waals surface area contributed by atoms with Crippen LogP contribution in [-0.4, -0.2) is 50.4 Å². The summed E-state index contributed by atoms with van der Waals surface area (Å²) in [4.78, 5) is 34.9. The van der Waals surface area contributed by atoms with Crippen LogP contribution in [0.2, 0.25) is 0 Å². The fourth-order valence-corrected chi connectivity index (χ4v) is 3.44. The van der Waals surface area contributed by atoms with Crippen LogP contribution in [0.4, 0.5) is 0 Å². The van der Waals surface area contributed by atoms with E-state index in [1.165, 1.54) is 6.08 Å². The Bertz CT molecular complexity index is 764. The summed E-state index contributed by atoms with van der Waals surface area (Å²) in [7, 11) is 0. The van der Waals surface area contributed by atoms with E-state index in [1.54, 1.807) is 18.2 Å². The smallest absolute Gasteiger partial charge is 0.341 e. The summed E-state index contributed by atoms with van der Waals surface area (Å²) in [5, 5.41) is 17.5. The number of carboxylic acid groups (broad SMARTS) is 2. The number of aliphatic carboxylic acids is 2. The second kappa shape index (κ2) is 7.77. The van der Waals surface area contributed by atoms with Crippen LogP contribution in [0.15, 0.2) is 27.6 Å². The van der Waals surface area contributed by atoms with Gasteiger partial charge in [0.1, 0.15) is 16.6 Å². The molecule has 1 amide bonds. The number of thioether (sulfide) groups is 1. The number of carbonyl (C=O) groups excluding carboxylic acids is 1. The zero-order valence-electron chi connectivity index (χ0n) is 11.9. The summed E-state index contributed by atoms with van der Waals surface area (Å²) in [6.07, 6.45) is 1.49. The molecule has 1 aromatic carbocycles. The van der Waals surface area contributed by atoms with Crippen LogP contribution in [0.5, 0.6) is 5.75 Å². The summed E-state index contributed by atoms with van der Waals surface area (Å²) in [6, 6.07) is 4.89. The Balaban J connectivity index is 2.32. The molecule has 24 heavy (non-hydrogen) atoms. The Hall–Kier alpha value is -1.91. The van der Waals surface area contributed by atoms with Gasteiger partial charge in [0.15, 0.2) is 6.61 Å². The number of hydrogen-bond acceptors (Lipinski definition) is 6. The van der Waals surface area contributed by atoms with Crippen LogP contribution < -0.4 is 4.74 Å². The Morgan fingerprint density at radius 2 is 2.04 bits per heavy atom. The molecule has 126 valence electrons. The van der Waals surface area contributed by atoms with Gasteiger partial charge in [0.2, 0.25) is 0 Å². The lowest BCUT2D eigenvalue weighted by atomic mass is 10.2. The highest BCUT2D eigenvalue weighted by Gasteiger charge is 2.33. The maximum absolute atomic E-state index is 12.3. The predicted molar refractivity (Wildman–Crippen MR) is 94.8 cm³/mol. The van der Waals surface area contributed by atoms with Crippen molar-refractivity contribution in [3.63, 3.8) is 0 Å². The average Bonchev–Trinajstić information content (AvgIpc) is 2.73. The van der Waals surface area contributed by atoms with Gasteiger partial charge < -0.3 is 14.9 Å². The van der Waals surface area contributed by atoms with Crippen LogP contribution in [-0.2, 0) is 14.4 Å². The van der Waals surface area contributed by atoms with Gasteiger partial charge in [-0.3, -0.25) is 14.5 Å². The van der Waals surface area contributed by atoms with Gasteiger partial charge >= 0.3 is 11.9 Å². The Labute approximate surface area is 154 Å². The fourth-order valence-electron chi connectivity index (χ4n) is 1.82. The molecule has 0 atom stereocenters. The van der Waals surface area contributed by atoms with Crippen molar-refractivity contribution < 1.29 is 29.3 Å². The number of carbonyl (C=O) groups is 3. The fraction of sp³-hybridized carbons (Fsp3) is 0.143. The molecule has 2 rings (SSSR count). The molecule has 0 spiro atoms. The quantitative estimate of drug-likeness (QED) is 0.521. The first-order valence-corrected chi connectivity index (χ1v) is 8.41. The molecule has 0 bridgehead atoms. The van der Waals surface area contributed by atoms with Crippen molar-refractivity contribution in [2.45, 2.75) is 0 Å². The first-order chi connectivity index (χ1) is 11.3. The highest BCUT2D eigenvalue weighted by atomic mass is 79.9. The summed E-state index contributed by atoms with van der Waals surface area (Å²) in [5.74, 6) is -2.53. The minimum atomic E-state index is -1.17. The van der Waals surface area contributed by atoms with E-state index in [0.717, 1.165) is 16.7 Å². The van der Waals surface area contributed by atoms with Gasteiger partial charge in [0, 0.05) is 10.0 Å². The van der Waals surface area contributed by atoms with Crippen LogP contribution in [0.3, 0.4) is 0 Å². The normalized spacial score (nSPS) is 15.9. The molecule has 7 nitrogen and oxygen atoms in total. The monoisotopic (exact) mass is 431 g/mol. The number of nitrogens with zero attached hydrogens (tertiary/aromatic N) is 1. The van der Waals surface area contributed by atoms with Crippen molar-refractivity contribution in [2.75, 3.05) is 13.2 Å². The van der Waals surface area contributed by atoms with Crippen molar-refractivity contribution in [2.24, 2.45) is 0 Å². The van der Waals surface area contributed by atoms with Gasteiger partial charge in [-0.05, 0) is 24.3 Å². The van der Waals surface area contributed by atoms with Crippen molar-refractivity contribution in [1.29, 1.82) is 0 Å². The first-order valence-electron chi connectivity index (χ1n) is 6.39. The lowest BCUT2D eigenvalue weighted by Gasteiger charge is -2.10. The third-order valence-corrected chi connectivity index (χ3v) is 4.65. The highest BCUT2D eigenvalue weighted by molar-refractivity contribution is 9.10. The topological polar surface area (TPSA) is 104 Å². The molecule has 2 N–H and O–H groups in total. The number of halogens is 1. The van der Waals surface area contributed by atoms with Gasteiger partial charge in [-0.2, -0.15) is 0 Å². The predicted octanol–water partition coefficient (Wildman–Crippen LogP) is 2.20. The van der Waals surface area contributed by atoms with Gasteiger partial charge in [0.25, 0.3) is 5.91 Å². The van der Waals surface area contributed by atoms with Gasteiger partial charge in [-0.15, -0.1) is 0 Å². The number of thiocarbonyl (C=S) groups is 1. The molecule has 1 aliphatic heterocycles. The van der Waals surface area contributed by atoms with E-state index in [4.69, 9.17) is 27.2 Å². The molecule has 0 aliphatic carbocycles. The molecule has 0 aromatic heterocycles. The second-order valence-corrected chi connectivity index (χ2v) is 7.12. The van der Waals surface area contributed by atoms with Crippen LogP contribution in [0.1, 0.15) is 5.56 Å². The summed E-state index contributed by atoms with van der Waals surface area (Å²) in [5.41, 5.74) is 0.474. The maximum atomic E-state index is 12.3. The number of carboxylic acids is 2. The molecule has 10 heteroatoms. The number of ether oxygens (including phenoxy) is 1. The Kier molecular flexibility index (Phi) is 5.97. The number of amides is 1. The van der Waals surface area contributed by atoms with E-state index in [9.17, 15) is 14.4 Å². The van der Waals surface area contributed by atoms with E-state index in [-0.39, 0.29) is 15.0 Å². The zero-order chi connectivity index (χ0) is 17.9. The van der Waals surface area contributed by atoms with Crippen LogP contribution in [0, 0.1) is 0 Å². The Morgan fingerprint density at radius 1 is 1.33 bits per heavy atom. The van der Waals surface area contributed by atoms with E-state index < -0.39 is 31.0 Å². The van der Waals surface area contributed by atoms with Crippen molar-refractivity contribution >= 4 is 68.2 Å². The second-order valence-electron chi connectivity index (χ2n) is 4.53. The zero-order valence-corrected chi connectivity index (χ0v) is 15.1. The highest BCUT2D eigenvalue weighted by Crippen LogP contribution is 2.34. The molecule has 1 aliphatic rings. The third-order valence-electron chi connectivity index (χ3n) is 2.78. The minimum absolute atomic E-state index is 0.150. The summed E-state index contributed by atoms with van der Waals surface area (Å²) >= 11 is 9.29. The third kappa shape index (κ3) is 4.56. The molecule has 1 aromatic rings. The lowest BCUT2D eigenvalue weighted by Crippen LogP contribution is -2.33. The summed E-state index contributed by atoms with van der Waals surface area (Å²) in [6.45, 7) is -1.04. The molecule has 0 saturated carbocycles. The Morgan fingerprint density at radius 3 is 2.67 bits per heavy atom. The number of hydrogen-bond donors (Lipinski definition) is 2. The van der Waals surface area contributed by atoms with E-state index >= 15 is 0 Å². The van der Waals surface area contributed by atoms with E-state index in [2.05, 4.69) is 15.9 Å². The molecule has 1 saturated heterocycles. The SMILES string of the molecule is O=C(O)COc1ccc(Br)cc1C=C1SC(=S)N(CC(=O)O)C1=O. The van der Waals surface area contributed by atoms with Crippen molar-refractivity contribution in [3.05, 3.63) is 33.1 Å². The molecule has 1 fully saturated rings. The van der Waals surface area contributed by atoms with Crippen molar-refractivity contribution in [3.8, 4) is 5.75 Å². The van der Waals surface area contributed by atoms with Crippen molar-refractivity contribution in [1.82, 2.24) is 4.90 Å². The minimum Gasteiger partial charge on any atom is -0.481 e. The van der Waals surface area contributed by atoms with Gasteiger partial charge in [0.05, 0.1) is 4.91 Å². The van der Waals surface area contributed by atoms with Crippen LogP contribution in [0.25, 0.3) is 6.08 Å². The molecular formula is C14H10BrNO6S2. The lowest BCUT2D eigenvalue weighted by molar-refractivity contribution is -0.140. The largest absolute Gasteiger partial charge is 0.481 e. The number of benzene rings is 1. The van der Waals surface area contributed by atoms with Gasteiger partial charge in [-0.25, -0.2) is 4.79 Å². The number of rotatable bonds is 6.